The minimum atomic E-state index is 0.176. The number of carbonyl (C=O) groups excluding carboxylic acids is 1. The molecule has 1 aromatic carbocycles. The Balaban J connectivity index is 1.35. The van der Waals surface area contributed by atoms with E-state index in [9.17, 15) is 4.79 Å². The Labute approximate surface area is 153 Å². The fraction of sp³-hybridized carbons (Fsp3) is 0.526. The van der Waals surface area contributed by atoms with E-state index in [-0.39, 0.29) is 5.91 Å². The molecule has 0 spiro atoms. The van der Waals surface area contributed by atoms with Gasteiger partial charge in [-0.3, -0.25) is 4.79 Å². The molecule has 138 valence electrons. The van der Waals surface area contributed by atoms with Gasteiger partial charge in [0.25, 0.3) is 0 Å². The number of methoxy groups -OCH3 is 1. The molecule has 0 aliphatic carbocycles. The molecule has 1 N–H and O–H groups in total. The monoisotopic (exact) mass is 355 g/mol. The summed E-state index contributed by atoms with van der Waals surface area (Å²) in [7, 11) is 1.65. The summed E-state index contributed by atoms with van der Waals surface area (Å²) in [5.74, 6) is 2.94. The maximum atomic E-state index is 12.6. The van der Waals surface area contributed by atoms with Gasteiger partial charge >= 0.3 is 0 Å². The van der Waals surface area contributed by atoms with E-state index in [0.29, 0.717) is 19.0 Å². The number of hydrogen-bond donors (Lipinski definition) is 1. The van der Waals surface area contributed by atoms with E-state index in [4.69, 9.17) is 4.74 Å². The second-order valence-corrected chi connectivity index (χ2v) is 6.94. The quantitative estimate of drug-likeness (QED) is 0.884. The van der Waals surface area contributed by atoms with Crippen molar-refractivity contribution in [2.75, 3.05) is 20.2 Å². The van der Waals surface area contributed by atoms with Crippen LogP contribution in [0.4, 0.5) is 0 Å². The molecule has 3 heterocycles. The molecule has 7 heteroatoms. The fourth-order valence-corrected chi connectivity index (χ4v) is 3.76. The van der Waals surface area contributed by atoms with Gasteiger partial charge in [0.1, 0.15) is 11.6 Å². The molecular weight excluding hydrogens is 330 g/mol. The van der Waals surface area contributed by atoms with Crippen LogP contribution < -0.4 is 10.1 Å². The van der Waals surface area contributed by atoms with Gasteiger partial charge in [-0.25, -0.2) is 0 Å². The van der Waals surface area contributed by atoms with Crippen LogP contribution in [0.25, 0.3) is 0 Å². The fourth-order valence-electron chi connectivity index (χ4n) is 3.76. The van der Waals surface area contributed by atoms with Gasteiger partial charge in [-0.1, -0.05) is 12.1 Å². The number of fused-ring (bicyclic) bond motifs is 1. The molecular formula is C19H25N5O2. The SMILES string of the molecule is COc1ccc(CCC(=O)N2CCn3c(nnc3[C@@H]3CCCN3)C2)cc1. The van der Waals surface area contributed by atoms with Crippen LogP contribution in [0, 0.1) is 0 Å². The zero-order valence-electron chi connectivity index (χ0n) is 15.1. The molecule has 1 atom stereocenters. The van der Waals surface area contributed by atoms with Crippen LogP contribution in [-0.2, 0) is 24.3 Å². The largest absolute Gasteiger partial charge is 0.497 e. The number of nitrogens with zero attached hydrogens (tertiary/aromatic N) is 4. The standard InChI is InChI=1S/C19H25N5O2/c1-26-15-7-4-14(5-8-15)6-9-18(25)23-11-12-24-17(13-23)21-22-19(24)16-3-2-10-20-16/h4-5,7-8,16,20H,2-3,6,9-13H2,1H3/t16-/m0/s1. The number of carbonyl (C=O) groups is 1. The summed E-state index contributed by atoms with van der Waals surface area (Å²) >= 11 is 0. The maximum Gasteiger partial charge on any atom is 0.223 e. The second kappa shape index (κ2) is 7.45. The zero-order valence-corrected chi connectivity index (χ0v) is 15.1. The lowest BCUT2D eigenvalue weighted by Gasteiger charge is -2.28. The first-order valence-corrected chi connectivity index (χ1v) is 9.30. The molecule has 2 aromatic rings. The Morgan fingerprint density at radius 2 is 2.12 bits per heavy atom. The van der Waals surface area contributed by atoms with Crippen LogP contribution in [0.15, 0.2) is 24.3 Å². The Hall–Kier alpha value is -2.41. The molecule has 1 aromatic heterocycles. The van der Waals surface area contributed by atoms with Gasteiger partial charge in [0.05, 0.1) is 19.7 Å². The average Bonchev–Trinajstić information content (AvgIpc) is 3.35. The van der Waals surface area contributed by atoms with Crippen molar-refractivity contribution < 1.29 is 9.53 Å². The number of rotatable bonds is 5. The van der Waals surface area contributed by atoms with Crippen molar-refractivity contribution in [3.63, 3.8) is 0 Å². The molecule has 2 aliphatic rings. The van der Waals surface area contributed by atoms with E-state index < -0.39 is 0 Å². The first kappa shape index (κ1) is 17.0. The van der Waals surface area contributed by atoms with Gasteiger partial charge in [0, 0.05) is 19.5 Å². The summed E-state index contributed by atoms with van der Waals surface area (Å²) in [4.78, 5) is 14.5. The lowest BCUT2D eigenvalue weighted by molar-refractivity contribution is -0.132. The summed E-state index contributed by atoms with van der Waals surface area (Å²) in [5.41, 5.74) is 1.15. The number of amides is 1. The highest BCUT2D eigenvalue weighted by molar-refractivity contribution is 5.76. The Morgan fingerprint density at radius 3 is 2.85 bits per heavy atom. The molecule has 0 unspecified atom stereocenters. The van der Waals surface area contributed by atoms with Gasteiger partial charge < -0.3 is 19.5 Å². The molecule has 0 saturated carbocycles. The second-order valence-electron chi connectivity index (χ2n) is 6.94. The van der Waals surface area contributed by atoms with Crippen molar-refractivity contribution in [1.82, 2.24) is 25.0 Å². The average molecular weight is 355 g/mol. The van der Waals surface area contributed by atoms with Crippen LogP contribution in [0.3, 0.4) is 0 Å². The maximum absolute atomic E-state index is 12.6. The summed E-state index contributed by atoms with van der Waals surface area (Å²) in [5, 5.41) is 12.2. The topological polar surface area (TPSA) is 72.3 Å². The third-order valence-electron chi connectivity index (χ3n) is 5.29. The predicted molar refractivity (Wildman–Crippen MR) is 96.7 cm³/mol. The molecule has 1 amide bonds. The van der Waals surface area contributed by atoms with Crippen molar-refractivity contribution in [3.8, 4) is 5.75 Å². The summed E-state index contributed by atoms with van der Waals surface area (Å²) < 4.78 is 7.36. The summed E-state index contributed by atoms with van der Waals surface area (Å²) in [6, 6.07) is 8.21. The van der Waals surface area contributed by atoms with Gasteiger partial charge in [0.15, 0.2) is 5.82 Å². The predicted octanol–water partition coefficient (Wildman–Crippen LogP) is 1.69. The van der Waals surface area contributed by atoms with E-state index in [1.54, 1.807) is 7.11 Å². The third-order valence-corrected chi connectivity index (χ3v) is 5.29. The lowest BCUT2D eigenvalue weighted by atomic mass is 10.1. The highest BCUT2D eigenvalue weighted by Gasteiger charge is 2.28. The first-order chi connectivity index (χ1) is 12.7. The number of nitrogens with one attached hydrogen (secondary N) is 1. The van der Waals surface area contributed by atoms with Gasteiger partial charge in [-0.05, 0) is 43.5 Å². The number of hydrogen-bond acceptors (Lipinski definition) is 5. The lowest BCUT2D eigenvalue weighted by Crippen LogP contribution is -2.39. The Bertz CT molecular complexity index is 765. The van der Waals surface area contributed by atoms with Gasteiger partial charge in [-0.2, -0.15) is 0 Å². The molecule has 0 bridgehead atoms. The van der Waals surface area contributed by atoms with Crippen LogP contribution in [0.5, 0.6) is 5.75 Å². The molecule has 4 rings (SSSR count). The van der Waals surface area contributed by atoms with Gasteiger partial charge in [-0.15, -0.1) is 10.2 Å². The van der Waals surface area contributed by atoms with Crippen molar-refractivity contribution >= 4 is 5.91 Å². The zero-order chi connectivity index (χ0) is 17.9. The first-order valence-electron chi connectivity index (χ1n) is 9.30. The number of aryl methyl sites for hydroxylation is 1. The number of aromatic nitrogens is 3. The van der Waals surface area contributed by atoms with Crippen molar-refractivity contribution in [2.45, 2.75) is 44.8 Å². The molecule has 2 aliphatic heterocycles. The highest BCUT2D eigenvalue weighted by atomic mass is 16.5. The third kappa shape index (κ3) is 3.44. The smallest absolute Gasteiger partial charge is 0.223 e. The van der Waals surface area contributed by atoms with Crippen molar-refractivity contribution in [3.05, 3.63) is 41.5 Å². The van der Waals surface area contributed by atoms with E-state index in [1.807, 2.05) is 29.2 Å². The summed E-state index contributed by atoms with van der Waals surface area (Å²) in [6.07, 6.45) is 3.55. The minimum absolute atomic E-state index is 0.176. The van der Waals surface area contributed by atoms with Crippen LogP contribution in [0.1, 0.15) is 42.5 Å². The molecule has 1 fully saturated rings. The van der Waals surface area contributed by atoms with Crippen LogP contribution in [-0.4, -0.2) is 45.8 Å². The molecule has 7 nitrogen and oxygen atoms in total. The Morgan fingerprint density at radius 1 is 1.27 bits per heavy atom. The highest BCUT2D eigenvalue weighted by Crippen LogP contribution is 2.24. The van der Waals surface area contributed by atoms with E-state index in [2.05, 4.69) is 20.1 Å². The van der Waals surface area contributed by atoms with Gasteiger partial charge in [0.2, 0.25) is 5.91 Å². The van der Waals surface area contributed by atoms with E-state index in [0.717, 1.165) is 55.4 Å². The van der Waals surface area contributed by atoms with Crippen molar-refractivity contribution in [2.24, 2.45) is 0 Å². The molecule has 1 saturated heterocycles. The molecule has 26 heavy (non-hydrogen) atoms. The van der Waals surface area contributed by atoms with Crippen molar-refractivity contribution in [1.29, 1.82) is 0 Å². The van der Waals surface area contributed by atoms with Crippen LogP contribution in [0.2, 0.25) is 0 Å². The summed E-state index contributed by atoms with van der Waals surface area (Å²) in [6.45, 7) is 3.11. The normalized spacial score (nSPS) is 19.4. The van der Waals surface area contributed by atoms with E-state index in [1.165, 1.54) is 6.42 Å². The molecule has 0 radical (unpaired) electrons. The minimum Gasteiger partial charge on any atom is -0.497 e. The Kier molecular flexibility index (Phi) is 4.88. The van der Waals surface area contributed by atoms with Crippen LogP contribution >= 0.6 is 0 Å². The number of benzene rings is 1. The number of ether oxygens (including phenoxy) is 1. The van der Waals surface area contributed by atoms with E-state index >= 15 is 0 Å².